The molecule has 1 aromatic carbocycles. The molecule has 1 N–H and O–H groups in total. The maximum atomic E-state index is 9.64. The van der Waals surface area contributed by atoms with E-state index in [9.17, 15) is 5.11 Å². The lowest BCUT2D eigenvalue weighted by Crippen LogP contribution is -2.06. The van der Waals surface area contributed by atoms with E-state index in [4.69, 9.17) is 0 Å². The zero-order valence-corrected chi connectivity index (χ0v) is 10.7. The topological polar surface area (TPSA) is 20.2 Å². The lowest BCUT2D eigenvalue weighted by Gasteiger charge is -2.18. The van der Waals surface area contributed by atoms with Gasteiger partial charge in [-0.3, -0.25) is 0 Å². The highest BCUT2D eigenvalue weighted by molar-refractivity contribution is 8.00. The fourth-order valence-corrected chi connectivity index (χ4v) is 2.47. The Kier molecular flexibility index (Phi) is 4.68. The third-order valence-corrected chi connectivity index (χ3v) is 4.16. The van der Waals surface area contributed by atoms with Gasteiger partial charge in [0.2, 0.25) is 0 Å². The summed E-state index contributed by atoms with van der Waals surface area (Å²) in [4.78, 5) is 1.20. The molecule has 0 aliphatic carbocycles. The van der Waals surface area contributed by atoms with Crippen LogP contribution < -0.4 is 0 Å². The van der Waals surface area contributed by atoms with Crippen molar-refractivity contribution >= 4 is 11.8 Å². The summed E-state index contributed by atoms with van der Waals surface area (Å²) in [5.74, 6) is 0.650. The van der Waals surface area contributed by atoms with E-state index in [1.807, 2.05) is 36.9 Å². The van der Waals surface area contributed by atoms with E-state index < -0.39 is 0 Å². The average molecular weight is 224 g/mol. The van der Waals surface area contributed by atoms with Gasteiger partial charge >= 0.3 is 0 Å². The molecule has 1 aromatic rings. The second kappa shape index (κ2) is 5.57. The Morgan fingerprint density at radius 2 is 1.67 bits per heavy atom. The molecule has 0 radical (unpaired) electrons. The van der Waals surface area contributed by atoms with Crippen molar-refractivity contribution in [1.82, 2.24) is 0 Å². The molecule has 0 amide bonds. The first-order valence-corrected chi connectivity index (χ1v) is 6.34. The predicted molar refractivity (Wildman–Crippen MR) is 67.2 cm³/mol. The molecule has 0 fully saturated rings. The summed E-state index contributed by atoms with van der Waals surface area (Å²) in [7, 11) is 0. The van der Waals surface area contributed by atoms with E-state index in [1.54, 1.807) is 0 Å². The maximum absolute atomic E-state index is 9.64. The number of hydrogen-bond acceptors (Lipinski definition) is 2. The van der Waals surface area contributed by atoms with Crippen LogP contribution in [0.3, 0.4) is 0 Å². The van der Waals surface area contributed by atoms with Crippen LogP contribution in [0.5, 0.6) is 0 Å². The number of aliphatic hydroxyl groups excluding tert-OH is 1. The van der Waals surface area contributed by atoms with E-state index in [0.29, 0.717) is 11.2 Å². The van der Waals surface area contributed by atoms with Crippen molar-refractivity contribution in [3.8, 4) is 0 Å². The molecule has 0 aliphatic rings. The summed E-state index contributed by atoms with van der Waals surface area (Å²) in [6.07, 6.45) is -0.381. The molecule has 2 atom stereocenters. The van der Waals surface area contributed by atoms with Crippen LogP contribution in [0.4, 0.5) is 0 Å². The first-order chi connectivity index (χ1) is 7.02. The number of benzene rings is 1. The third-order valence-electron chi connectivity index (χ3n) is 2.62. The van der Waals surface area contributed by atoms with Crippen molar-refractivity contribution < 1.29 is 5.11 Å². The minimum absolute atomic E-state index is 0.381. The molecule has 0 aliphatic heterocycles. The van der Waals surface area contributed by atoms with Gasteiger partial charge in [0.25, 0.3) is 0 Å². The summed E-state index contributed by atoms with van der Waals surface area (Å²) >= 11 is 1.85. The van der Waals surface area contributed by atoms with Crippen molar-refractivity contribution in [3.63, 3.8) is 0 Å². The van der Waals surface area contributed by atoms with Gasteiger partial charge in [-0.1, -0.05) is 39.0 Å². The highest BCUT2D eigenvalue weighted by Crippen LogP contribution is 2.32. The van der Waals surface area contributed by atoms with Crippen LogP contribution >= 0.6 is 11.8 Å². The van der Waals surface area contributed by atoms with Crippen LogP contribution in [0.15, 0.2) is 29.2 Å². The van der Waals surface area contributed by atoms with E-state index in [2.05, 4.69) is 26.8 Å². The number of aliphatic hydroxyl groups is 1. The molecule has 0 aromatic heterocycles. The SMILES string of the molecule is CC(O)c1ccccc1SC(C)C(C)C. The lowest BCUT2D eigenvalue weighted by atomic mass is 10.1. The molecule has 0 spiro atoms. The van der Waals surface area contributed by atoms with Gasteiger partial charge in [0.1, 0.15) is 0 Å². The van der Waals surface area contributed by atoms with Crippen molar-refractivity contribution in [2.45, 2.75) is 43.9 Å². The van der Waals surface area contributed by atoms with Crippen molar-refractivity contribution in [3.05, 3.63) is 29.8 Å². The van der Waals surface area contributed by atoms with E-state index in [-0.39, 0.29) is 6.10 Å². The second-order valence-corrected chi connectivity index (χ2v) is 5.70. The molecule has 1 rings (SSSR count). The van der Waals surface area contributed by atoms with Gasteiger partial charge in [-0.2, -0.15) is 0 Å². The Morgan fingerprint density at radius 3 is 2.20 bits per heavy atom. The van der Waals surface area contributed by atoms with Gasteiger partial charge in [0.05, 0.1) is 6.10 Å². The molecule has 15 heavy (non-hydrogen) atoms. The van der Waals surface area contributed by atoms with Gasteiger partial charge in [0.15, 0.2) is 0 Å². The van der Waals surface area contributed by atoms with Gasteiger partial charge in [-0.15, -0.1) is 11.8 Å². The van der Waals surface area contributed by atoms with Crippen LogP contribution in [-0.4, -0.2) is 10.4 Å². The third kappa shape index (κ3) is 3.54. The van der Waals surface area contributed by atoms with Gasteiger partial charge in [-0.05, 0) is 24.5 Å². The molecule has 0 saturated carbocycles. The number of thioether (sulfide) groups is 1. The van der Waals surface area contributed by atoms with Crippen LogP contribution in [0, 0.1) is 5.92 Å². The fraction of sp³-hybridized carbons (Fsp3) is 0.538. The zero-order valence-electron chi connectivity index (χ0n) is 9.90. The molecule has 2 unspecified atom stereocenters. The Bertz CT molecular complexity index is 307. The first-order valence-electron chi connectivity index (χ1n) is 5.46. The standard InChI is InChI=1S/C13H20OS/c1-9(2)11(4)15-13-8-6-5-7-12(13)10(3)14/h5-11,14H,1-4H3. The summed E-state index contributed by atoms with van der Waals surface area (Å²) in [6, 6.07) is 8.10. The van der Waals surface area contributed by atoms with E-state index in [1.165, 1.54) is 4.90 Å². The normalized spacial score (nSPS) is 15.3. The second-order valence-electron chi connectivity index (χ2n) is 4.28. The van der Waals surface area contributed by atoms with Crippen molar-refractivity contribution in [2.75, 3.05) is 0 Å². The van der Waals surface area contributed by atoms with E-state index >= 15 is 0 Å². The summed E-state index contributed by atoms with van der Waals surface area (Å²) in [6.45, 7) is 8.50. The Balaban J connectivity index is 2.84. The summed E-state index contributed by atoms with van der Waals surface area (Å²) in [5.41, 5.74) is 1.04. The molecule has 0 heterocycles. The van der Waals surface area contributed by atoms with Gasteiger partial charge < -0.3 is 5.11 Å². The van der Waals surface area contributed by atoms with Gasteiger partial charge in [0, 0.05) is 10.1 Å². The van der Waals surface area contributed by atoms with Crippen LogP contribution in [0.25, 0.3) is 0 Å². The molecule has 84 valence electrons. The molecular weight excluding hydrogens is 204 g/mol. The zero-order chi connectivity index (χ0) is 11.4. The largest absolute Gasteiger partial charge is 0.389 e. The van der Waals surface area contributed by atoms with E-state index in [0.717, 1.165) is 5.56 Å². The maximum Gasteiger partial charge on any atom is 0.0772 e. The quantitative estimate of drug-likeness (QED) is 0.783. The van der Waals surface area contributed by atoms with Crippen molar-refractivity contribution in [1.29, 1.82) is 0 Å². The highest BCUT2D eigenvalue weighted by atomic mass is 32.2. The van der Waals surface area contributed by atoms with Crippen LogP contribution in [0.2, 0.25) is 0 Å². The first kappa shape index (κ1) is 12.6. The summed E-state index contributed by atoms with van der Waals surface area (Å²) < 4.78 is 0. The Morgan fingerprint density at radius 1 is 1.07 bits per heavy atom. The fourth-order valence-electron chi connectivity index (χ4n) is 1.27. The number of hydrogen-bond donors (Lipinski definition) is 1. The summed E-state index contributed by atoms with van der Waals surface area (Å²) in [5, 5.41) is 10.2. The van der Waals surface area contributed by atoms with Gasteiger partial charge in [-0.25, -0.2) is 0 Å². The molecule has 0 bridgehead atoms. The minimum Gasteiger partial charge on any atom is -0.389 e. The monoisotopic (exact) mass is 224 g/mol. The Labute approximate surface area is 96.9 Å². The molecular formula is C13H20OS. The Hall–Kier alpha value is -0.470. The molecule has 0 saturated heterocycles. The van der Waals surface area contributed by atoms with Crippen LogP contribution in [-0.2, 0) is 0 Å². The molecule has 1 nitrogen and oxygen atoms in total. The predicted octanol–water partition coefficient (Wildman–Crippen LogP) is 3.88. The smallest absolute Gasteiger partial charge is 0.0772 e. The van der Waals surface area contributed by atoms with Crippen LogP contribution in [0.1, 0.15) is 39.4 Å². The number of rotatable bonds is 4. The minimum atomic E-state index is -0.381. The van der Waals surface area contributed by atoms with Crippen molar-refractivity contribution in [2.24, 2.45) is 5.92 Å². The highest BCUT2D eigenvalue weighted by Gasteiger charge is 2.13. The average Bonchev–Trinajstić information content (AvgIpc) is 2.18. The molecule has 2 heteroatoms. The lowest BCUT2D eigenvalue weighted by molar-refractivity contribution is 0.196.